The summed E-state index contributed by atoms with van der Waals surface area (Å²) in [7, 11) is 0. The number of nitrogens with one attached hydrogen (secondary N) is 8. The van der Waals surface area contributed by atoms with E-state index in [1.165, 1.54) is 29.2 Å². The summed E-state index contributed by atoms with van der Waals surface area (Å²) in [5.41, 5.74) is 7.92. The molecule has 1 aromatic heterocycles. The predicted octanol–water partition coefficient (Wildman–Crippen LogP) is -7.50. The van der Waals surface area contributed by atoms with E-state index < -0.39 is 203 Å². The summed E-state index contributed by atoms with van der Waals surface area (Å²) in [6.45, 7) is -2.90. The Morgan fingerprint density at radius 2 is 1.26 bits per heavy atom. The molecule has 10 rings (SSSR count). The standard InChI is InChI=1S/C62H77N13O21/c1-27(30-12-6-3-7-13-30)42-55(90)67-33(19-29-16-17-38-32(18-29)69-58(93-38)31-14-8-9-15-37(31)95-60-52(87)50(85)48(83)40(26-78)96-60)54(89)72-43(45(80)34-20-66-61(63)70-34)57(92)73-44(56(91)68-35(24-76)53(88)65-21-41(79)71-42)46(81)36-23-74(22-28-10-4-2-5-11-28)62(64)75(36)59-51(86)49(84)47(82)39(25-77)94-59/h2-18,27,33-36,39-40,42-52,59-60,64,76-78,80-87H,19-26H2,1H3,(H,65,88)(H,67,90)(H,68,91)(H,71,79)(H,72,89)(H,73,92)(H3,63,66,70)/t27?,33-,34?,35+,36?,39-,40-,42+,43+,44-,45?,46?,47-,48-,49+,50+,51+,52-,59+,60+/m1/s1. The van der Waals surface area contributed by atoms with Crippen molar-refractivity contribution in [3.05, 3.63) is 120 Å². The predicted molar refractivity (Wildman–Crippen MR) is 332 cm³/mol. The Labute approximate surface area is 546 Å². The fourth-order valence-electron chi connectivity index (χ4n) is 12.1. The molecule has 34 nitrogen and oxygen atoms in total. The molecular weight excluding hydrogens is 1260 g/mol. The number of aliphatic hydroxyl groups excluding tert-OH is 11. The molecule has 0 bridgehead atoms. The molecule has 6 heterocycles. The number of nitrogens with two attached hydrogens (primary N) is 1. The van der Waals surface area contributed by atoms with Crippen molar-refractivity contribution >= 4 is 58.5 Å². The molecule has 5 aliphatic heterocycles. The van der Waals surface area contributed by atoms with Gasteiger partial charge in [0, 0.05) is 25.4 Å². The molecule has 96 heavy (non-hydrogen) atoms. The van der Waals surface area contributed by atoms with Crippen LogP contribution >= 0.6 is 0 Å². The first-order valence-electron chi connectivity index (χ1n) is 30.8. The van der Waals surface area contributed by atoms with Gasteiger partial charge in [-0.25, -0.2) is 4.98 Å². The molecule has 516 valence electrons. The lowest BCUT2D eigenvalue weighted by atomic mass is 9.92. The van der Waals surface area contributed by atoms with Crippen molar-refractivity contribution in [1.29, 1.82) is 5.41 Å². The summed E-state index contributed by atoms with van der Waals surface area (Å²) in [5, 5.41) is 148. The number of hydrogen-bond donors (Lipinski definition) is 20. The molecule has 5 unspecified atom stereocenters. The highest BCUT2D eigenvalue weighted by atomic mass is 16.7. The van der Waals surface area contributed by atoms with Crippen molar-refractivity contribution in [2.75, 3.05) is 39.5 Å². The van der Waals surface area contributed by atoms with E-state index in [1.807, 2.05) is 0 Å². The Morgan fingerprint density at radius 1 is 0.646 bits per heavy atom. The first kappa shape index (κ1) is 69.8. The van der Waals surface area contributed by atoms with E-state index in [1.54, 1.807) is 85.8 Å². The van der Waals surface area contributed by atoms with Crippen LogP contribution in [0.1, 0.15) is 29.5 Å². The third-order valence-electron chi connectivity index (χ3n) is 17.5. The van der Waals surface area contributed by atoms with Gasteiger partial charge in [-0.1, -0.05) is 85.8 Å². The topological polar surface area (TPSA) is 532 Å². The zero-order chi connectivity index (χ0) is 68.8. The second-order valence-electron chi connectivity index (χ2n) is 23.9. The van der Waals surface area contributed by atoms with Crippen molar-refractivity contribution < 1.29 is 104 Å². The molecule has 4 fully saturated rings. The summed E-state index contributed by atoms with van der Waals surface area (Å²) in [6, 6.07) is 14.9. The van der Waals surface area contributed by atoms with Crippen molar-refractivity contribution in [1.82, 2.24) is 52.0 Å². The highest BCUT2D eigenvalue weighted by molar-refractivity contribution is 5.99. The first-order valence-corrected chi connectivity index (χ1v) is 30.8. The second-order valence-corrected chi connectivity index (χ2v) is 23.9. The average molecular weight is 1340 g/mol. The minimum absolute atomic E-state index is 0.0252. The fraction of sp³-hybridized carbons (Fsp3) is 0.468. The molecule has 5 aromatic rings. The average Bonchev–Trinajstić information content (AvgIpc) is 1.56. The highest BCUT2D eigenvalue weighted by Crippen LogP contribution is 2.36. The number of fused-ring (bicyclic) bond motifs is 1. The van der Waals surface area contributed by atoms with Crippen LogP contribution in [0.15, 0.2) is 113 Å². The van der Waals surface area contributed by atoms with E-state index in [4.69, 9.17) is 24.4 Å². The number of carbonyl (C=O) groups excluding carboxylic acids is 6. The van der Waals surface area contributed by atoms with E-state index in [2.05, 4.69) is 47.2 Å². The van der Waals surface area contributed by atoms with Crippen LogP contribution in [-0.2, 0) is 51.2 Å². The largest absolute Gasteiger partial charge is 0.461 e. The van der Waals surface area contributed by atoms with Gasteiger partial charge >= 0.3 is 0 Å². The number of benzene rings is 4. The number of oxazole rings is 1. The summed E-state index contributed by atoms with van der Waals surface area (Å²) >= 11 is 0. The molecule has 0 radical (unpaired) electrons. The van der Waals surface area contributed by atoms with E-state index in [-0.39, 0.29) is 52.9 Å². The van der Waals surface area contributed by atoms with Gasteiger partial charge in [0.2, 0.25) is 47.6 Å². The van der Waals surface area contributed by atoms with Gasteiger partial charge in [0.15, 0.2) is 23.7 Å². The Balaban J connectivity index is 1.02. The van der Waals surface area contributed by atoms with Crippen LogP contribution in [0.5, 0.6) is 5.75 Å². The molecule has 4 saturated heterocycles. The van der Waals surface area contributed by atoms with E-state index in [0.29, 0.717) is 11.1 Å². The lowest BCUT2D eigenvalue weighted by Crippen LogP contribution is -2.69. The zero-order valence-electron chi connectivity index (χ0n) is 51.4. The third kappa shape index (κ3) is 15.1. The molecule has 4 aromatic carbocycles. The Hall–Kier alpha value is -9.01. The quantitative estimate of drug-likeness (QED) is 0.0411. The first-order chi connectivity index (χ1) is 46.0. The number of aromatic nitrogens is 1. The molecule has 0 aliphatic carbocycles. The molecule has 0 spiro atoms. The van der Waals surface area contributed by atoms with Crippen LogP contribution in [0.2, 0.25) is 0 Å². The molecule has 34 heteroatoms. The summed E-state index contributed by atoms with van der Waals surface area (Å²) in [6.07, 6.45) is -22.3. The number of para-hydroxylation sites is 1. The molecule has 6 amide bonds. The molecular formula is C62H77N13O21. The van der Waals surface area contributed by atoms with Gasteiger partial charge < -0.3 is 128 Å². The molecule has 21 N–H and O–H groups in total. The summed E-state index contributed by atoms with van der Waals surface area (Å²) in [5.74, 6) is -8.79. The van der Waals surface area contributed by atoms with Crippen LogP contribution in [0, 0.1) is 5.41 Å². The van der Waals surface area contributed by atoms with Crippen molar-refractivity contribution in [3.63, 3.8) is 0 Å². The monoisotopic (exact) mass is 1340 g/mol. The van der Waals surface area contributed by atoms with Gasteiger partial charge in [0.25, 0.3) is 0 Å². The Morgan fingerprint density at radius 3 is 1.94 bits per heavy atom. The number of guanidine groups is 2. The number of aliphatic imine (C=N–C) groups is 1. The number of aliphatic hydroxyl groups is 11. The lowest BCUT2D eigenvalue weighted by Gasteiger charge is -2.46. The number of hydrogen-bond acceptors (Lipinski definition) is 26. The van der Waals surface area contributed by atoms with Crippen molar-refractivity contribution in [3.8, 4) is 17.2 Å². The number of rotatable bonds is 17. The van der Waals surface area contributed by atoms with Gasteiger partial charge in [-0.2, -0.15) is 0 Å². The van der Waals surface area contributed by atoms with Crippen molar-refractivity contribution in [2.45, 2.75) is 142 Å². The third-order valence-corrected chi connectivity index (χ3v) is 17.5. The van der Waals surface area contributed by atoms with Crippen LogP contribution in [0.25, 0.3) is 22.6 Å². The maximum atomic E-state index is 15.4. The van der Waals surface area contributed by atoms with Gasteiger partial charge in [0.05, 0.1) is 50.6 Å². The maximum absolute atomic E-state index is 15.4. The second kappa shape index (κ2) is 30.4. The molecule has 20 atom stereocenters. The molecule has 0 saturated carbocycles. The van der Waals surface area contributed by atoms with E-state index in [0.717, 1.165) is 4.90 Å². The minimum atomic E-state index is -2.37. The number of ether oxygens (including phenoxy) is 3. The van der Waals surface area contributed by atoms with Gasteiger partial charge in [-0.05, 0) is 41.0 Å². The van der Waals surface area contributed by atoms with Crippen LogP contribution in [-0.4, -0.2) is 274 Å². The molecule has 5 aliphatic rings. The van der Waals surface area contributed by atoms with E-state index >= 15 is 19.2 Å². The van der Waals surface area contributed by atoms with Gasteiger partial charge in [0.1, 0.15) is 103 Å². The van der Waals surface area contributed by atoms with Crippen LogP contribution in [0.4, 0.5) is 0 Å². The Kier molecular flexibility index (Phi) is 22.1. The number of nitrogens with zero attached hydrogens (tertiary/aromatic N) is 4. The summed E-state index contributed by atoms with van der Waals surface area (Å²) in [4.78, 5) is 99.9. The van der Waals surface area contributed by atoms with Gasteiger partial charge in [-0.3, -0.25) is 39.2 Å². The minimum Gasteiger partial charge on any atom is -0.461 e. The smallest absolute Gasteiger partial charge is 0.246 e. The highest BCUT2D eigenvalue weighted by Gasteiger charge is 2.55. The fourth-order valence-corrected chi connectivity index (χ4v) is 12.1. The summed E-state index contributed by atoms with van der Waals surface area (Å²) < 4.78 is 23.6. The number of amides is 6. The zero-order valence-corrected chi connectivity index (χ0v) is 51.4. The van der Waals surface area contributed by atoms with Crippen LogP contribution in [0.3, 0.4) is 0 Å². The van der Waals surface area contributed by atoms with E-state index in [9.17, 15) is 71.2 Å². The maximum Gasteiger partial charge on any atom is 0.246 e. The Bertz CT molecular complexity index is 3630. The number of carbonyl (C=O) groups is 6. The normalized spacial score (nSPS) is 31.5. The lowest BCUT2D eigenvalue weighted by molar-refractivity contribution is -0.277. The van der Waals surface area contributed by atoms with Crippen LogP contribution < -0.4 is 47.7 Å². The SMILES string of the molecule is CC(c1ccccc1)[C@@H]1NC(=O)CNC(=O)[C@H](CO)NC(=O)[C@@H](C(O)C2CN(Cc3ccccc3)C(=N)N2[C@H]2O[C@H](CO)[C@@H](O)[C@H](O)[C@@H]2O)NC(=O)[C@H](C(O)C2CN=C(N)N2)NC(=O)[C@@H](Cc2ccc3oc(-c4ccccc4O[C@H]4O[C@H](CO)[C@@H](O)[C@H](O)[C@H]4O)nc3c2)NC1=O. The van der Waals surface area contributed by atoms with Crippen molar-refractivity contribution in [2.24, 2.45) is 10.7 Å². The van der Waals surface area contributed by atoms with Gasteiger partial charge in [-0.15, -0.1) is 0 Å².